The summed E-state index contributed by atoms with van der Waals surface area (Å²) < 4.78 is 2.62. The van der Waals surface area contributed by atoms with Crippen molar-refractivity contribution in [3.8, 4) is 56.2 Å². The molecule has 0 spiro atoms. The standard InChI is InChI=1S/C47H32N2S/c1-47(2)39-21-12-20-36(45(39)38-25-30-15-6-7-16-31(30)27-40(38)47)42-28-41(48-46(49-42)29-13-4-3-5-14-29)34-18-9-8-17-33(34)32-23-24-44-37(26-32)35-19-10-11-22-43(35)50-44/h3-28H,1-2H3. The van der Waals surface area contributed by atoms with Crippen molar-refractivity contribution in [2.45, 2.75) is 19.3 Å². The fraction of sp³-hybridized carbons (Fsp3) is 0.0638. The van der Waals surface area contributed by atoms with Gasteiger partial charge in [0, 0.05) is 42.3 Å². The van der Waals surface area contributed by atoms with Gasteiger partial charge in [0.15, 0.2) is 5.82 Å². The van der Waals surface area contributed by atoms with E-state index in [1.54, 1.807) is 0 Å². The van der Waals surface area contributed by atoms with Gasteiger partial charge in [-0.25, -0.2) is 9.97 Å². The summed E-state index contributed by atoms with van der Waals surface area (Å²) >= 11 is 1.85. The highest BCUT2D eigenvalue weighted by atomic mass is 32.1. The van der Waals surface area contributed by atoms with E-state index in [4.69, 9.17) is 9.97 Å². The second-order valence-electron chi connectivity index (χ2n) is 13.8. The molecule has 0 saturated carbocycles. The van der Waals surface area contributed by atoms with Crippen molar-refractivity contribution >= 4 is 42.3 Å². The smallest absolute Gasteiger partial charge is 0.160 e. The molecular formula is C47H32N2S. The predicted molar refractivity (Wildman–Crippen MR) is 212 cm³/mol. The van der Waals surface area contributed by atoms with Gasteiger partial charge in [-0.15, -0.1) is 11.3 Å². The molecule has 0 radical (unpaired) electrons. The molecule has 0 saturated heterocycles. The fourth-order valence-corrected chi connectivity index (χ4v) is 9.06. The molecular weight excluding hydrogens is 625 g/mol. The highest BCUT2D eigenvalue weighted by molar-refractivity contribution is 7.25. The van der Waals surface area contributed by atoms with Crippen LogP contribution in [0.25, 0.3) is 87.1 Å². The Balaban J connectivity index is 1.21. The van der Waals surface area contributed by atoms with E-state index in [2.05, 4.69) is 166 Å². The normalized spacial score (nSPS) is 13.2. The first-order chi connectivity index (χ1) is 24.5. The van der Waals surface area contributed by atoms with E-state index < -0.39 is 0 Å². The van der Waals surface area contributed by atoms with Crippen LogP contribution in [0.15, 0.2) is 158 Å². The Bertz CT molecular complexity index is 2790. The lowest BCUT2D eigenvalue weighted by Crippen LogP contribution is -2.14. The molecule has 3 heteroatoms. The van der Waals surface area contributed by atoms with Gasteiger partial charge < -0.3 is 0 Å². The summed E-state index contributed by atoms with van der Waals surface area (Å²) in [4.78, 5) is 10.6. The maximum absolute atomic E-state index is 5.32. The predicted octanol–water partition coefficient (Wildman–Crippen LogP) is 13.0. The van der Waals surface area contributed by atoms with Gasteiger partial charge in [-0.05, 0) is 80.6 Å². The summed E-state index contributed by atoms with van der Waals surface area (Å²) in [5.74, 6) is 0.723. The van der Waals surface area contributed by atoms with Gasteiger partial charge in [0.2, 0.25) is 0 Å². The van der Waals surface area contributed by atoms with Gasteiger partial charge in [-0.1, -0.05) is 135 Å². The Labute approximate surface area is 295 Å². The highest BCUT2D eigenvalue weighted by Crippen LogP contribution is 2.53. The van der Waals surface area contributed by atoms with Crippen molar-refractivity contribution in [3.05, 3.63) is 169 Å². The zero-order chi connectivity index (χ0) is 33.4. The van der Waals surface area contributed by atoms with Crippen LogP contribution in [0.5, 0.6) is 0 Å². The number of aromatic nitrogens is 2. The van der Waals surface area contributed by atoms with Crippen molar-refractivity contribution in [3.63, 3.8) is 0 Å². The van der Waals surface area contributed by atoms with Crippen LogP contribution in [0.1, 0.15) is 25.0 Å². The monoisotopic (exact) mass is 656 g/mol. The summed E-state index contributed by atoms with van der Waals surface area (Å²) in [6.07, 6.45) is 0. The molecule has 50 heavy (non-hydrogen) atoms. The molecule has 2 heterocycles. The number of hydrogen-bond donors (Lipinski definition) is 0. The largest absolute Gasteiger partial charge is 0.228 e. The Morgan fingerprint density at radius 2 is 1.10 bits per heavy atom. The molecule has 0 bridgehead atoms. The minimum Gasteiger partial charge on any atom is -0.228 e. The average molecular weight is 657 g/mol. The number of fused-ring (bicyclic) bond motifs is 7. The second-order valence-corrected chi connectivity index (χ2v) is 14.9. The average Bonchev–Trinajstić information content (AvgIpc) is 3.65. The summed E-state index contributed by atoms with van der Waals surface area (Å²) in [5, 5.41) is 5.12. The van der Waals surface area contributed by atoms with E-state index in [-0.39, 0.29) is 5.41 Å². The molecule has 10 rings (SSSR count). The van der Waals surface area contributed by atoms with Crippen molar-refractivity contribution in [2.24, 2.45) is 0 Å². The highest BCUT2D eigenvalue weighted by Gasteiger charge is 2.37. The maximum Gasteiger partial charge on any atom is 0.160 e. The first-order valence-corrected chi connectivity index (χ1v) is 18.0. The summed E-state index contributed by atoms with van der Waals surface area (Å²) in [7, 11) is 0. The fourth-order valence-electron chi connectivity index (χ4n) is 7.98. The molecule has 0 aliphatic heterocycles. The van der Waals surface area contributed by atoms with Crippen LogP contribution in [0.2, 0.25) is 0 Å². The molecule has 0 atom stereocenters. The molecule has 0 unspecified atom stereocenters. The van der Waals surface area contributed by atoms with E-state index in [1.165, 1.54) is 58.8 Å². The van der Waals surface area contributed by atoms with E-state index in [9.17, 15) is 0 Å². The topological polar surface area (TPSA) is 25.8 Å². The minimum atomic E-state index is -0.139. The zero-order valence-corrected chi connectivity index (χ0v) is 28.6. The third-order valence-electron chi connectivity index (χ3n) is 10.5. The molecule has 7 aromatic carbocycles. The van der Waals surface area contributed by atoms with Gasteiger partial charge in [0.25, 0.3) is 0 Å². The Morgan fingerprint density at radius 3 is 1.94 bits per heavy atom. The number of hydrogen-bond acceptors (Lipinski definition) is 3. The Morgan fingerprint density at radius 1 is 0.440 bits per heavy atom. The van der Waals surface area contributed by atoms with Crippen molar-refractivity contribution in [2.75, 3.05) is 0 Å². The molecule has 9 aromatic rings. The lowest BCUT2D eigenvalue weighted by Gasteiger charge is -2.22. The maximum atomic E-state index is 5.32. The molecule has 1 aliphatic rings. The van der Waals surface area contributed by atoms with Crippen LogP contribution in [-0.2, 0) is 5.41 Å². The van der Waals surface area contributed by atoms with E-state index >= 15 is 0 Å². The second kappa shape index (κ2) is 11.1. The summed E-state index contributed by atoms with van der Waals surface area (Å²) in [5.41, 5.74) is 12.5. The SMILES string of the molecule is CC1(C)c2cc3ccccc3cc2-c2c(-c3cc(-c4ccccc4-c4ccc5sc6ccccc6c5c4)nc(-c4ccccc4)n3)cccc21. The van der Waals surface area contributed by atoms with Crippen LogP contribution >= 0.6 is 11.3 Å². The van der Waals surface area contributed by atoms with Gasteiger partial charge in [-0.3, -0.25) is 0 Å². The van der Waals surface area contributed by atoms with Gasteiger partial charge in [-0.2, -0.15) is 0 Å². The van der Waals surface area contributed by atoms with Crippen LogP contribution in [-0.4, -0.2) is 9.97 Å². The van der Waals surface area contributed by atoms with Crippen LogP contribution in [0.3, 0.4) is 0 Å². The molecule has 2 nitrogen and oxygen atoms in total. The summed E-state index contributed by atoms with van der Waals surface area (Å²) in [6, 6.07) is 57.0. The van der Waals surface area contributed by atoms with Crippen LogP contribution in [0.4, 0.5) is 0 Å². The molecule has 0 amide bonds. The number of benzene rings is 7. The van der Waals surface area contributed by atoms with Crippen LogP contribution < -0.4 is 0 Å². The lowest BCUT2D eigenvalue weighted by molar-refractivity contribution is 0.661. The first kappa shape index (κ1) is 29.1. The third kappa shape index (κ3) is 4.47. The number of rotatable bonds is 4. The van der Waals surface area contributed by atoms with Gasteiger partial charge in [0.1, 0.15) is 0 Å². The summed E-state index contributed by atoms with van der Waals surface area (Å²) in [6.45, 7) is 4.70. The molecule has 236 valence electrons. The third-order valence-corrected chi connectivity index (χ3v) is 11.6. The van der Waals surface area contributed by atoms with Crippen molar-refractivity contribution in [1.29, 1.82) is 0 Å². The Hall–Kier alpha value is -5.90. The molecule has 0 fully saturated rings. The number of thiophene rings is 1. The van der Waals surface area contributed by atoms with E-state index in [0.29, 0.717) is 0 Å². The van der Waals surface area contributed by atoms with Crippen LogP contribution in [0, 0.1) is 0 Å². The minimum absolute atomic E-state index is 0.139. The quantitative estimate of drug-likeness (QED) is 0.188. The Kier molecular flexibility index (Phi) is 6.43. The van der Waals surface area contributed by atoms with Crippen molar-refractivity contribution < 1.29 is 0 Å². The van der Waals surface area contributed by atoms with Gasteiger partial charge in [0.05, 0.1) is 11.4 Å². The molecule has 0 N–H and O–H groups in total. The van der Waals surface area contributed by atoms with Crippen molar-refractivity contribution in [1.82, 2.24) is 9.97 Å². The lowest BCUT2D eigenvalue weighted by atomic mass is 9.81. The van der Waals surface area contributed by atoms with E-state index in [0.717, 1.165) is 39.5 Å². The zero-order valence-electron chi connectivity index (χ0n) is 27.8. The number of nitrogens with zero attached hydrogens (tertiary/aromatic N) is 2. The molecule has 1 aliphatic carbocycles. The first-order valence-electron chi connectivity index (χ1n) is 17.2. The van der Waals surface area contributed by atoms with Gasteiger partial charge >= 0.3 is 0 Å². The van der Waals surface area contributed by atoms with E-state index in [1.807, 2.05) is 17.4 Å². The molecule has 2 aromatic heterocycles.